The van der Waals surface area contributed by atoms with Crippen molar-refractivity contribution >= 4 is 35.2 Å². The van der Waals surface area contributed by atoms with Gasteiger partial charge in [0.25, 0.3) is 5.91 Å². The first-order valence-corrected chi connectivity index (χ1v) is 12.7. The third-order valence-electron chi connectivity index (χ3n) is 5.88. The van der Waals surface area contributed by atoms with Crippen molar-refractivity contribution in [2.75, 3.05) is 29.1 Å². The van der Waals surface area contributed by atoms with Crippen LogP contribution in [0.15, 0.2) is 52.2 Å². The third kappa shape index (κ3) is 5.61. The lowest BCUT2D eigenvalue weighted by Crippen LogP contribution is -2.32. The first kappa shape index (κ1) is 22.5. The van der Waals surface area contributed by atoms with Crippen molar-refractivity contribution in [1.29, 1.82) is 0 Å². The minimum atomic E-state index is -0.170. The molecule has 178 valence electrons. The van der Waals surface area contributed by atoms with Gasteiger partial charge in [0.2, 0.25) is 11.9 Å². The Bertz CT molecular complexity index is 1140. The zero-order valence-electron chi connectivity index (χ0n) is 18.9. The molecule has 3 aromatic rings. The Morgan fingerprint density at radius 2 is 1.94 bits per heavy atom. The van der Waals surface area contributed by atoms with Gasteiger partial charge in [0.05, 0.1) is 18.6 Å². The van der Waals surface area contributed by atoms with E-state index in [-0.39, 0.29) is 23.6 Å². The standard InChI is InChI=1S/C24H28N6O3S/c31-21(25-19-7-4-6-17(14-19)22(32)26-18-9-10-18)16-34-24-28-27-23(29-11-2-1-3-12-29)30(24)15-20-8-5-13-33-20/h4-8,13-14,18H,1-3,9-12,15-16H2,(H,25,31)(H,26,32). The summed E-state index contributed by atoms with van der Waals surface area (Å²) in [4.78, 5) is 27.2. The first-order chi connectivity index (χ1) is 16.7. The number of carbonyl (C=O) groups is 2. The number of thioether (sulfide) groups is 1. The second kappa shape index (κ2) is 10.3. The van der Waals surface area contributed by atoms with E-state index in [0.717, 1.165) is 50.5 Å². The van der Waals surface area contributed by atoms with Crippen LogP contribution >= 0.6 is 11.8 Å². The van der Waals surface area contributed by atoms with E-state index >= 15 is 0 Å². The third-order valence-corrected chi connectivity index (χ3v) is 6.85. The van der Waals surface area contributed by atoms with Crippen molar-refractivity contribution in [3.05, 3.63) is 54.0 Å². The van der Waals surface area contributed by atoms with E-state index in [1.165, 1.54) is 18.2 Å². The lowest BCUT2D eigenvalue weighted by Gasteiger charge is -2.27. The molecule has 0 atom stereocenters. The Balaban J connectivity index is 1.24. The lowest BCUT2D eigenvalue weighted by molar-refractivity contribution is -0.113. The van der Waals surface area contributed by atoms with Gasteiger partial charge in [-0.05, 0) is 62.4 Å². The highest BCUT2D eigenvalue weighted by molar-refractivity contribution is 7.99. The van der Waals surface area contributed by atoms with Gasteiger partial charge in [0, 0.05) is 30.4 Å². The summed E-state index contributed by atoms with van der Waals surface area (Å²) in [6.45, 7) is 2.41. The zero-order chi connectivity index (χ0) is 23.3. The quantitative estimate of drug-likeness (QED) is 0.451. The fourth-order valence-electron chi connectivity index (χ4n) is 3.97. The van der Waals surface area contributed by atoms with E-state index in [0.29, 0.717) is 23.0 Å². The van der Waals surface area contributed by atoms with E-state index < -0.39 is 0 Å². The molecule has 34 heavy (non-hydrogen) atoms. The van der Waals surface area contributed by atoms with Crippen molar-refractivity contribution in [3.63, 3.8) is 0 Å². The lowest BCUT2D eigenvalue weighted by atomic mass is 10.1. The monoisotopic (exact) mass is 480 g/mol. The normalized spacial score (nSPS) is 15.8. The van der Waals surface area contributed by atoms with Crippen LogP contribution in [0.25, 0.3) is 0 Å². The molecule has 3 heterocycles. The van der Waals surface area contributed by atoms with Gasteiger partial charge in [-0.1, -0.05) is 17.8 Å². The average Bonchev–Trinajstić information content (AvgIpc) is 3.35. The number of amides is 2. The summed E-state index contributed by atoms with van der Waals surface area (Å²) in [7, 11) is 0. The van der Waals surface area contributed by atoms with Crippen LogP contribution in [-0.2, 0) is 11.3 Å². The smallest absolute Gasteiger partial charge is 0.251 e. The Morgan fingerprint density at radius 1 is 1.09 bits per heavy atom. The van der Waals surface area contributed by atoms with Gasteiger partial charge in [-0.2, -0.15) is 0 Å². The van der Waals surface area contributed by atoms with Gasteiger partial charge >= 0.3 is 0 Å². The van der Waals surface area contributed by atoms with Gasteiger partial charge < -0.3 is 20.0 Å². The summed E-state index contributed by atoms with van der Waals surface area (Å²) in [6, 6.07) is 11.1. The molecule has 2 fully saturated rings. The topological polar surface area (TPSA) is 105 Å². The number of aromatic nitrogens is 3. The maximum Gasteiger partial charge on any atom is 0.251 e. The number of benzene rings is 1. The van der Waals surface area contributed by atoms with E-state index in [2.05, 4.69) is 25.7 Å². The second-order valence-electron chi connectivity index (χ2n) is 8.66. The van der Waals surface area contributed by atoms with E-state index in [4.69, 9.17) is 4.42 Å². The molecular formula is C24H28N6O3S. The van der Waals surface area contributed by atoms with E-state index in [1.54, 1.807) is 30.5 Å². The van der Waals surface area contributed by atoms with Crippen LogP contribution in [0.3, 0.4) is 0 Å². The molecule has 2 N–H and O–H groups in total. The van der Waals surface area contributed by atoms with Crippen molar-refractivity contribution < 1.29 is 14.0 Å². The number of nitrogens with one attached hydrogen (secondary N) is 2. The van der Waals surface area contributed by atoms with Gasteiger partial charge in [0.1, 0.15) is 5.76 Å². The van der Waals surface area contributed by atoms with Crippen LogP contribution in [0.2, 0.25) is 0 Å². The molecule has 10 heteroatoms. The molecular weight excluding hydrogens is 452 g/mol. The summed E-state index contributed by atoms with van der Waals surface area (Å²) in [5.41, 5.74) is 1.14. The molecule has 0 bridgehead atoms. The number of hydrogen-bond donors (Lipinski definition) is 2. The number of hydrogen-bond acceptors (Lipinski definition) is 7. The molecule has 1 aliphatic carbocycles. The van der Waals surface area contributed by atoms with Crippen LogP contribution in [0, 0.1) is 0 Å². The zero-order valence-corrected chi connectivity index (χ0v) is 19.7. The number of furan rings is 1. The summed E-state index contributed by atoms with van der Waals surface area (Å²) in [5, 5.41) is 15.3. The highest BCUT2D eigenvalue weighted by Crippen LogP contribution is 2.26. The number of rotatable bonds is 9. The Kier molecular flexibility index (Phi) is 6.84. The molecule has 1 aromatic carbocycles. The van der Waals surface area contributed by atoms with Gasteiger partial charge in [0.15, 0.2) is 5.16 Å². The van der Waals surface area contributed by atoms with Crippen LogP contribution < -0.4 is 15.5 Å². The number of nitrogens with zero attached hydrogens (tertiary/aromatic N) is 4. The van der Waals surface area contributed by atoms with Crippen LogP contribution in [0.4, 0.5) is 11.6 Å². The number of piperidine rings is 1. The molecule has 1 saturated heterocycles. The molecule has 0 unspecified atom stereocenters. The summed E-state index contributed by atoms with van der Waals surface area (Å²) < 4.78 is 7.57. The fourth-order valence-corrected chi connectivity index (χ4v) is 4.71. The molecule has 9 nitrogen and oxygen atoms in total. The first-order valence-electron chi connectivity index (χ1n) is 11.7. The molecule has 0 radical (unpaired) electrons. The van der Waals surface area contributed by atoms with Gasteiger partial charge in [-0.3, -0.25) is 14.2 Å². The maximum absolute atomic E-state index is 12.7. The number of carbonyl (C=O) groups excluding carboxylic acids is 2. The minimum Gasteiger partial charge on any atom is -0.467 e. The SMILES string of the molecule is O=C(CSc1nnc(N2CCCCC2)n1Cc1ccco1)Nc1cccc(C(=O)NC2CC2)c1. The predicted molar refractivity (Wildman–Crippen MR) is 130 cm³/mol. The van der Waals surface area contributed by atoms with Crippen molar-refractivity contribution in [2.24, 2.45) is 0 Å². The van der Waals surface area contributed by atoms with Gasteiger partial charge in [-0.25, -0.2) is 0 Å². The summed E-state index contributed by atoms with van der Waals surface area (Å²) in [6.07, 6.45) is 7.22. The molecule has 2 amide bonds. The Morgan fingerprint density at radius 3 is 2.71 bits per heavy atom. The van der Waals surface area contributed by atoms with E-state index in [9.17, 15) is 9.59 Å². The summed E-state index contributed by atoms with van der Waals surface area (Å²) >= 11 is 1.34. The van der Waals surface area contributed by atoms with Crippen molar-refractivity contribution in [1.82, 2.24) is 20.1 Å². The van der Waals surface area contributed by atoms with Crippen LogP contribution in [-0.4, -0.2) is 51.5 Å². The molecule has 2 aliphatic rings. The molecule has 5 rings (SSSR count). The summed E-state index contributed by atoms with van der Waals surface area (Å²) in [5.74, 6) is 1.52. The molecule has 0 spiro atoms. The molecule has 1 aliphatic heterocycles. The predicted octanol–water partition coefficient (Wildman–Crippen LogP) is 3.53. The van der Waals surface area contributed by atoms with Crippen LogP contribution in [0.1, 0.15) is 48.2 Å². The maximum atomic E-state index is 12.7. The second-order valence-corrected chi connectivity index (χ2v) is 9.60. The highest BCUT2D eigenvalue weighted by Gasteiger charge is 2.24. The van der Waals surface area contributed by atoms with Crippen molar-refractivity contribution in [3.8, 4) is 0 Å². The highest BCUT2D eigenvalue weighted by atomic mass is 32.2. The molecule has 1 saturated carbocycles. The fraction of sp³-hybridized carbons (Fsp3) is 0.417. The van der Waals surface area contributed by atoms with Gasteiger partial charge in [-0.15, -0.1) is 10.2 Å². The Labute approximate surface area is 202 Å². The van der Waals surface area contributed by atoms with Crippen LogP contribution in [0.5, 0.6) is 0 Å². The molecule has 2 aromatic heterocycles. The van der Waals surface area contributed by atoms with E-state index in [1.807, 2.05) is 16.7 Å². The largest absolute Gasteiger partial charge is 0.467 e. The Hall–Kier alpha value is -3.27. The minimum absolute atomic E-state index is 0.107. The van der Waals surface area contributed by atoms with Crippen molar-refractivity contribution in [2.45, 2.75) is 49.8 Å². The number of anilines is 2. The average molecular weight is 481 g/mol.